The van der Waals surface area contributed by atoms with Crippen LogP contribution in [-0.2, 0) is 11.4 Å². The van der Waals surface area contributed by atoms with Crippen molar-refractivity contribution in [2.45, 2.75) is 20.5 Å². The van der Waals surface area contributed by atoms with Gasteiger partial charge in [-0.2, -0.15) is 5.26 Å². The van der Waals surface area contributed by atoms with Crippen molar-refractivity contribution in [3.05, 3.63) is 84.9 Å². The van der Waals surface area contributed by atoms with Gasteiger partial charge in [0.2, 0.25) is 0 Å². The summed E-state index contributed by atoms with van der Waals surface area (Å²) in [5.74, 6) is 1.23. The van der Waals surface area contributed by atoms with Crippen molar-refractivity contribution in [2.75, 3.05) is 18.5 Å². The third kappa shape index (κ3) is 7.53. The molecule has 0 atom stereocenters. The van der Waals surface area contributed by atoms with Crippen LogP contribution in [0.5, 0.6) is 17.2 Å². The molecular weight excluding hydrogens is 614 g/mol. The molecule has 1 amide bonds. The van der Waals surface area contributed by atoms with Crippen LogP contribution in [0.3, 0.4) is 0 Å². The highest BCUT2D eigenvalue weighted by molar-refractivity contribution is 14.1. The van der Waals surface area contributed by atoms with E-state index in [9.17, 15) is 10.1 Å². The Kier molecular flexibility index (Phi) is 10.3. The molecule has 0 aromatic heterocycles. The largest absolute Gasteiger partial charge is 0.494 e. The number of nitrogens with zero attached hydrogens (tertiary/aromatic N) is 1. The maximum atomic E-state index is 12.7. The molecule has 0 unspecified atom stereocenters. The van der Waals surface area contributed by atoms with Crippen LogP contribution >= 0.6 is 45.8 Å². The lowest BCUT2D eigenvalue weighted by molar-refractivity contribution is -0.112. The van der Waals surface area contributed by atoms with E-state index in [0.29, 0.717) is 51.8 Å². The van der Waals surface area contributed by atoms with Gasteiger partial charge in [-0.25, -0.2) is 0 Å². The predicted octanol–water partition coefficient (Wildman–Crippen LogP) is 7.52. The van der Waals surface area contributed by atoms with E-state index in [-0.39, 0.29) is 12.2 Å². The summed E-state index contributed by atoms with van der Waals surface area (Å²) in [4.78, 5) is 12.7. The van der Waals surface area contributed by atoms with Gasteiger partial charge in [-0.15, -0.1) is 0 Å². The minimum absolute atomic E-state index is 0.0494. The predicted molar refractivity (Wildman–Crippen MR) is 151 cm³/mol. The van der Waals surface area contributed by atoms with Crippen molar-refractivity contribution in [2.24, 2.45) is 0 Å². The number of carbonyl (C=O) groups is 1. The number of anilines is 1. The first-order chi connectivity index (χ1) is 17.3. The van der Waals surface area contributed by atoms with Crippen molar-refractivity contribution in [3.8, 4) is 23.3 Å². The molecule has 3 rings (SSSR count). The first-order valence-corrected chi connectivity index (χ1v) is 12.9. The van der Waals surface area contributed by atoms with Crippen molar-refractivity contribution < 1.29 is 19.0 Å². The average molecular weight is 637 g/mol. The average Bonchev–Trinajstić information content (AvgIpc) is 2.85. The van der Waals surface area contributed by atoms with Gasteiger partial charge < -0.3 is 19.5 Å². The zero-order valence-electron chi connectivity index (χ0n) is 19.6. The summed E-state index contributed by atoms with van der Waals surface area (Å²) in [6, 6.07) is 17.8. The molecule has 0 fully saturated rings. The highest BCUT2D eigenvalue weighted by Crippen LogP contribution is 2.36. The Morgan fingerprint density at radius 3 is 2.36 bits per heavy atom. The van der Waals surface area contributed by atoms with Gasteiger partial charge in [0.15, 0.2) is 11.5 Å². The normalized spacial score (nSPS) is 10.9. The molecule has 0 saturated carbocycles. The van der Waals surface area contributed by atoms with E-state index in [1.807, 2.05) is 32.0 Å². The fraction of sp³-hybridized carbons (Fsp3) is 0.185. The first kappa shape index (κ1) is 27.7. The molecule has 0 heterocycles. The van der Waals surface area contributed by atoms with E-state index in [4.69, 9.17) is 37.4 Å². The number of nitriles is 1. The summed E-state index contributed by atoms with van der Waals surface area (Å²) >= 11 is 14.2. The third-order valence-corrected chi connectivity index (χ3v) is 6.34. The number of rotatable bonds is 10. The molecule has 0 aliphatic carbocycles. The second kappa shape index (κ2) is 13.4. The smallest absolute Gasteiger partial charge is 0.266 e. The van der Waals surface area contributed by atoms with Crippen LogP contribution in [-0.4, -0.2) is 19.1 Å². The number of halogens is 3. The van der Waals surface area contributed by atoms with Crippen LogP contribution in [0.25, 0.3) is 6.08 Å². The highest BCUT2D eigenvalue weighted by atomic mass is 127. The molecule has 9 heteroatoms. The van der Waals surface area contributed by atoms with Crippen molar-refractivity contribution >= 4 is 63.5 Å². The number of benzene rings is 3. The summed E-state index contributed by atoms with van der Waals surface area (Å²) in [6.07, 6.45) is 1.51. The molecule has 1 N–H and O–H groups in total. The fourth-order valence-electron chi connectivity index (χ4n) is 3.17. The Hall–Kier alpha value is -2.93. The lowest BCUT2D eigenvalue weighted by atomic mass is 10.1. The molecule has 0 bridgehead atoms. The number of ether oxygens (including phenoxy) is 3. The zero-order valence-corrected chi connectivity index (χ0v) is 23.3. The molecule has 186 valence electrons. The molecule has 0 spiro atoms. The summed E-state index contributed by atoms with van der Waals surface area (Å²) in [5, 5.41) is 13.3. The van der Waals surface area contributed by atoms with Crippen LogP contribution in [0.1, 0.15) is 25.0 Å². The van der Waals surface area contributed by atoms with Crippen molar-refractivity contribution in [1.29, 1.82) is 5.26 Å². The van der Waals surface area contributed by atoms with Gasteiger partial charge in [0.05, 0.1) is 26.8 Å². The Labute approximate surface area is 233 Å². The van der Waals surface area contributed by atoms with Crippen LogP contribution in [0.15, 0.2) is 60.2 Å². The lowest BCUT2D eigenvalue weighted by Crippen LogP contribution is -2.13. The summed E-state index contributed by atoms with van der Waals surface area (Å²) in [5.41, 5.74) is 1.99. The quantitative estimate of drug-likeness (QED) is 0.141. The van der Waals surface area contributed by atoms with E-state index < -0.39 is 5.91 Å². The van der Waals surface area contributed by atoms with E-state index in [1.54, 1.807) is 42.5 Å². The topological polar surface area (TPSA) is 80.6 Å². The van der Waals surface area contributed by atoms with Gasteiger partial charge in [-0.3, -0.25) is 4.79 Å². The first-order valence-electron chi connectivity index (χ1n) is 11.0. The molecule has 36 heavy (non-hydrogen) atoms. The SMILES string of the molecule is CCOc1ccc(NC(=O)C(C#N)=Cc2cc(I)c(OCc3ccc(Cl)c(Cl)c3)c(OCC)c2)cc1. The zero-order chi connectivity index (χ0) is 26.1. The fourth-order valence-corrected chi connectivity index (χ4v) is 4.28. The number of amides is 1. The summed E-state index contributed by atoms with van der Waals surface area (Å²) in [6.45, 7) is 4.98. The van der Waals surface area contributed by atoms with E-state index in [0.717, 1.165) is 9.13 Å². The standard InChI is InChI=1S/C27H23Cl2IN2O4/c1-3-34-21-8-6-20(7-9-21)32-27(33)19(15-31)11-18-13-24(30)26(25(14-18)35-4-2)36-16-17-5-10-22(28)23(29)12-17/h5-14H,3-4,16H2,1-2H3,(H,32,33). The summed E-state index contributed by atoms with van der Waals surface area (Å²) in [7, 11) is 0. The molecule has 0 radical (unpaired) electrons. The maximum Gasteiger partial charge on any atom is 0.266 e. The Morgan fingerprint density at radius 1 is 1.00 bits per heavy atom. The molecule has 6 nitrogen and oxygen atoms in total. The van der Waals surface area contributed by atoms with Crippen molar-refractivity contribution in [1.82, 2.24) is 0 Å². The van der Waals surface area contributed by atoms with Gasteiger partial charge in [-0.1, -0.05) is 29.3 Å². The highest BCUT2D eigenvalue weighted by Gasteiger charge is 2.15. The maximum absolute atomic E-state index is 12.7. The second-order valence-electron chi connectivity index (χ2n) is 7.38. The van der Waals surface area contributed by atoms with Crippen LogP contribution < -0.4 is 19.5 Å². The minimum Gasteiger partial charge on any atom is -0.494 e. The monoisotopic (exact) mass is 636 g/mol. The Balaban J connectivity index is 1.80. The lowest BCUT2D eigenvalue weighted by Gasteiger charge is -2.15. The summed E-state index contributed by atoms with van der Waals surface area (Å²) < 4.78 is 18.0. The third-order valence-electron chi connectivity index (χ3n) is 4.80. The van der Waals surface area contributed by atoms with Gasteiger partial charge in [0.25, 0.3) is 5.91 Å². The second-order valence-corrected chi connectivity index (χ2v) is 9.36. The van der Waals surface area contributed by atoms with Gasteiger partial charge in [0, 0.05) is 5.69 Å². The van der Waals surface area contributed by atoms with E-state index >= 15 is 0 Å². The number of nitrogens with one attached hydrogen (secondary N) is 1. The van der Waals surface area contributed by atoms with Crippen molar-refractivity contribution in [3.63, 3.8) is 0 Å². The van der Waals surface area contributed by atoms with Crippen LogP contribution in [0.2, 0.25) is 10.0 Å². The number of hydrogen-bond acceptors (Lipinski definition) is 5. The molecule has 3 aromatic rings. The van der Waals surface area contributed by atoms with E-state index in [1.165, 1.54) is 6.08 Å². The number of carbonyl (C=O) groups excluding carboxylic acids is 1. The molecule has 0 aliphatic rings. The Morgan fingerprint density at radius 2 is 1.72 bits per heavy atom. The molecule has 3 aromatic carbocycles. The van der Waals surface area contributed by atoms with Gasteiger partial charge in [0.1, 0.15) is 24.0 Å². The van der Waals surface area contributed by atoms with Crippen LogP contribution in [0, 0.1) is 14.9 Å². The van der Waals surface area contributed by atoms with Crippen LogP contribution in [0.4, 0.5) is 5.69 Å². The van der Waals surface area contributed by atoms with Gasteiger partial charge in [-0.05, 0) is 102 Å². The molecular formula is C27H23Cl2IN2O4. The van der Waals surface area contributed by atoms with Gasteiger partial charge >= 0.3 is 0 Å². The molecule has 0 aliphatic heterocycles. The molecule has 0 saturated heterocycles. The number of hydrogen-bond donors (Lipinski definition) is 1. The minimum atomic E-state index is -0.519. The van der Waals surface area contributed by atoms with E-state index in [2.05, 4.69) is 27.9 Å². The Bertz CT molecular complexity index is 1300.